The van der Waals surface area contributed by atoms with E-state index in [0.29, 0.717) is 6.04 Å². The van der Waals surface area contributed by atoms with Crippen LogP contribution in [0.1, 0.15) is 45.4 Å². The molecular weight excluding hydrogens is 232 g/mol. The minimum atomic E-state index is 0.536. The molecule has 0 amide bonds. The molecule has 0 saturated heterocycles. The molecule has 0 aliphatic heterocycles. The fraction of sp³-hybridized carbons (Fsp3) is 0.647. The van der Waals surface area contributed by atoms with E-state index in [4.69, 9.17) is 5.73 Å². The number of nitrogens with two attached hydrogens (primary N) is 1. The number of hydrogen-bond donors (Lipinski definition) is 1. The highest BCUT2D eigenvalue weighted by Crippen LogP contribution is 2.29. The normalized spacial score (nSPS) is 17.6. The molecule has 1 aliphatic carbocycles. The topological polar surface area (TPSA) is 29.3 Å². The molecule has 1 aromatic carbocycles. The van der Waals surface area contributed by atoms with Crippen molar-refractivity contribution in [1.29, 1.82) is 0 Å². The summed E-state index contributed by atoms with van der Waals surface area (Å²) in [5.74, 6) is 0.955. The van der Waals surface area contributed by atoms with Crippen LogP contribution in [0.5, 0.6) is 0 Å². The summed E-state index contributed by atoms with van der Waals surface area (Å²) >= 11 is 0. The summed E-state index contributed by atoms with van der Waals surface area (Å²) in [6.07, 6.45) is 8.16. The minimum Gasteiger partial charge on any atom is -0.369 e. The monoisotopic (exact) mass is 260 g/mol. The Labute approximate surface area is 118 Å². The van der Waals surface area contributed by atoms with Crippen molar-refractivity contribution in [2.45, 2.75) is 51.5 Å². The highest BCUT2D eigenvalue weighted by molar-refractivity contribution is 5.46. The van der Waals surface area contributed by atoms with E-state index in [9.17, 15) is 0 Å². The van der Waals surface area contributed by atoms with E-state index in [0.717, 1.165) is 18.9 Å². The van der Waals surface area contributed by atoms with Gasteiger partial charge in [-0.05, 0) is 44.4 Å². The summed E-state index contributed by atoms with van der Waals surface area (Å²) in [6, 6.07) is 11.3. The smallest absolute Gasteiger partial charge is 0.0368 e. The molecule has 1 saturated carbocycles. The molecule has 0 aromatic heterocycles. The molecule has 1 unspecified atom stereocenters. The zero-order valence-electron chi connectivity index (χ0n) is 12.2. The number of nitrogens with zero attached hydrogens (tertiary/aromatic N) is 1. The fourth-order valence-corrected chi connectivity index (χ4v) is 3.24. The van der Waals surface area contributed by atoms with E-state index in [1.807, 2.05) is 0 Å². The van der Waals surface area contributed by atoms with Gasteiger partial charge in [0.15, 0.2) is 0 Å². The maximum Gasteiger partial charge on any atom is 0.0368 e. The third kappa shape index (κ3) is 4.24. The number of para-hydroxylation sites is 1. The van der Waals surface area contributed by atoms with Gasteiger partial charge in [-0.1, -0.05) is 43.9 Å². The van der Waals surface area contributed by atoms with Crippen LogP contribution in [0.2, 0.25) is 0 Å². The van der Waals surface area contributed by atoms with E-state index in [-0.39, 0.29) is 0 Å². The molecule has 1 aromatic rings. The minimum absolute atomic E-state index is 0.536. The molecule has 2 nitrogen and oxygen atoms in total. The zero-order valence-corrected chi connectivity index (χ0v) is 12.2. The molecule has 0 spiro atoms. The van der Waals surface area contributed by atoms with Gasteiger partial charge in [0, 0.05) is 18.3 Å². The van der Waals surface area contributed by atoms with Crippen LogP contribution in [-0.2, 0) is 0 Å². The predicted octanol–water partition coefficient (Wildman–Crippen LogP) is 3.81. The van der Waals surface area contributed by atoms with E-state index in [2.05, 4.69) is 42.2 Å². The van der Waals surface area contributed by atoms with Gasteiger partial charge in [-0.3, -0.25) is 0 Å². The molecule has 0 radical (unpaired) electrons. The summed E-state index contributed by atoms with van der Waals surface area (Å²) in [5.41, 5.74) is 7.09. The third-order valence-corrected chi connectivity index (χ3v) is 4.46. The maximum atomic E-state index is 5.74. The van der Waals surface area contributed by atoms with E-state index in [1.54, 1.807) is 0 Å². The summed E-state index contributed by atoms with van der Waals surface area (Å²) < 4.78 is 0. The van der Waals surface area contributed by atoms with Crippen molar-refractivity contribution in [3.8, 4) is 0 Å². The molecule has 2 N–H and O–H groups in total. The van der Waals surface area contributed by atoms with Gasteiger partial charge in [0.1, 0.15) is 0 Å². The molecule has 2 heteroatoms. The van der Waals surface area contributed by atoms with Gasteiger partial charge in [-0.15, -0.1) is 0 Å². The first kappa shape index (κ1) is 14.4. The van der Waals surface area contributed by atoms with Crippen molar-refractivity contribution >= 4 is 5.69 Å². The van der Waals surface area contributed by atoms with Crippen LogP contribution in [0.3, 0.4) is 0 Å². The van der Waals surface area contributed by atoms with Crippen LogP contribution in [-0.4, -0.2) is 19.1 Å². The van der Waals surface area contributed by atoms with Gasteiger partial charge in [-0.25, -0.2) is 0 Å². The Hall–Kier alpha value is -1.02. The molecule has 2 rings (SSSR count). The van der Waals surface area contributed by atoms with Crippen molar-refractivity contribution in [3.05, 3.63) is 30.3 Å². The van der Waals surface area contributed by atoms with E-state index >= 15 is 0 Å². The van der Waals surface area contributed by atoms with Gasteiger partial charge in [0.25, 0.3) is 0 Å². The highest BCUT2D eigenvalue weighted by atomic mass is 15.2. The van der Waals surface area contributed by atoms with Crippen molar-refractivity contribution in [2.75, 3.05) is 18.0 Å². The second kappa shape index (κ2) is 7.54. The molecular formula is C17H28N2. The first-order valence-corrected chi connectivity index (χ1v) is 7.83. The number of hydrogen-bond acceptors (Lipinski definition) is 2. The Morgan fingerprint density at radius 1 is 1.21 bits per heavy atom. The van der Waals surface area contributed by atoms with Crippen LogP contribution in [0, 0.1) is 5.92 Å². The Balaban J connectivity index is 1.97. The van der Waals surface area contributed by atoms with E-state index < -0.39 is 0 Å². The summed E-state index contributed by atoms with van der Waals surface area (Å²) in [4.78, 5) is 2.55. The van der Waals surface area contributed by atoms with Crippen LogP contribution in [0.4, 0.5) is 5.69 Å². The Bertz CT molecular complexity index is 344. The Kier molecular flexibility index (Phi) is 5.71. The molecule has 1 fully saturated rings. The maximum absolute atomic E-state index is 5.74. The molecule has 1 atom stereocenters. The average molecular weight is 260 g/mol. The van der Waals surface area contributed by atoms with Crippen molar-refractivity contribution < 1.29 is 0 Å². The van der Waals surface area contributed by atoms with Gasteiger partial charge in [0.05, 0.1) is 0 Å². The van der Waals surface area contributed by atoms with Gasteiger partial charge >= 0.3 is 0 Å². The standard InChI is InChI=1S/C17H28N2/c1-15(11-13-18)19(17-9-3-2-4-10-17)14-12-16-7-5-6-8-16/h2-4,9-10,15-16H,5-8,11-14,18H2,1H3. The first-order chi connectivity index (χ1) is 9.31. The number of anilines is 1. The van der Waals surface area contributed by atoms with E-state index in [1.165, 1.54) is 44.3 Å². The quantitative estimate of drug-likeness (QED) is 0.807. The van der Waals surface area contributed by atoms with Crippen molar-refractivity contribution in [3.63, 3.8) is 0 Å². The number of rotatable bonds is 7. The summed E-state index contributed by atoms with van der Waals surface area (Å²) in [7, 11) is 0. The van der Waals surface area contributed by atoms with Crippen molar-refractivity contribution in [2.24, 2.45) is 11.7 Å². The lowest BCUT2D eigenvalue weighted by Crippen LogP contribution is -2.36. The SMILES string of the molecule is CC(CCN)N(CCC1CCCC1)c1ccccc1. The van der Waals surface area contributed by atoms with Crippen LogP contribution < -0.4 is 10.6 Å². The highest BCUT2D eigenvalue weighted by Gasteiger charge is 2.19. The summed E-state index contributed by atoms with van der Waals surface area (Å²) in [6.45, 7) is 4.25. The molecule has 0 heterocycles. The fourth-order valence-electron chi connectivity index (χ4n) is 3.24. The predicted molar refractivity (Wildman–Crippen MR) is 83.5 cm³/mol. The first-order valence-electron chi connectivity index (χ1n) is 7.83. The van der Waals surface area contributed by atoms with Crippen LogP contribution in [0.25, 0.3) is 0 Å². The second-order valence-corrected chi connectivity index (χ2v) is 5.89. The van der Waals surface area contributed by atoms with Gasteiger partial charge in [0.2, 0.25) is 0 Å². The lowest BCUT2D eigenvalue weighted by molar-refractivity contribution is 0.478. The molecule has 106 valence electrons. The number of benzene rings is 1. The van der Waals surface area contributed by atoms with Crippen LogP contribution >= 0.6 is 0 Å². The molecule has 19 heavy (non-hydrogen) atoms. The van der Waals surface area contributed by atoms with Gasteiger partial charge < -0.3 is 10.6 Å². The van der Waals surface area contributed by atoms with Crippen LogP contribution in [0.15, 0.2) is 30.3 Å². The summed E-state index contributed by atoms with van der Waals surface area (Å²) in [5, 5.41) is 0. The van der Waals surface area contributed by atoms with Crippen molar-refractivity contribution in [1.82, 2.24) is 0 Å². The zero-order chi connectivity index (χ0) is 13.5. The largest absolute Gasteiger partial charge is 0.369 e. The lowest BCUT2D eigenvalue weighted by Gasteiger charge is -2.32. The molecule has 0 bridgehead atoms. The second-order valence-electron chi connectivity index (χ2n) is 5.89. The van der Waals surface area contributed by atoms with Gasteiger partial charge in [-0.2, -0.15) is 0 Å². The third-order valence-electron chi connectivity index (χ3n) is 4.46. The Morgan fingerprint density at radius 2 is 1.89 bits per heavy atom. The Morgan fingerprint density at radius 3 is 2.53 bits per heavy atom. The average Bonchev–Trinajstić information content (AvgIpc) is 2.94. The molecule has 1 aliphatic rings. The lowest BCUT2D eigenvalue weighted by atomic mass is 10.0.